The zero-order chi connectivity index (χ0) is 22.0. The molecular formula is C24H24N2O4S. The second-order valence-corrected chi connectivity index (χ2v) is 8.27. The standard InChI is InChI=1S/C24H24N2O4S/c1-29-21-11-15(12-22(30-2)24(21)28)14-26-19-6-4-3-5-17(19)23(27)18-8-7-16(13-20(18)26)31-10-9-25/h3-8,11-13,28H,9-10,14,25H2,1-2H3. The van der Waals surface area contributed by atoms with E-state index in [0.29, 0.717) is 35.4 Å². The summed E-state index contributed by atoms with van der Waals surface area (Å²) in [5.74, 6) is 1.44. The minimum absolute atomic E-state index is 0.0121. The second-order valence-electron chi connectivity index (χ2n) is 7.10. The highest BCUT2D eigenvalue weighted by molar-refractivity contribution is 7.99. The SMILES string of the molecule is COc1cc(Cn2c3ccccc3c(=O)c3ccc(SCCN)cc32)cc(OC)c1O. The smallest absolute Gasteiger partial charge is 0.200 e. The first-order valence-corrected chi connectivity index (χ1v) is 10.9. The van der Waals surface area contributed by atoms with Crippen LogP contribution in [0.2, 0.25) is 0 Å². The summed E-state index contributed by atoms with van der Waals surface area (Å²) in [6.45, 7) is 1.05. The maximum atomic E-state index is 13.2. The number of thioether (sulfide) groups is 1. The summed E-state index contributed by atoms with van der Waals surface area (Å²) in [7, 11) is 3.01. The van der Waals surface area contributed by atoms with E-state index in [1.165, 1.54) is 14.2 Å². The molecule has 31 heavy (non-hydrogen) atoms. The number of fused-ring (bicyclic) bond motifs is 2. The zero-order valence-corrected chi connectivity index (χ0v) is 18.2. The van der Waals surface area contributed by atoms with Crippen LogP contribution >= 0.6 is 11.8 Å². The van der Waals surface area contributed by atoms with Gasteiger partial charge in [0, 0.05) is 34.5 Å². The third kappa shape index (κ3) is 3.94. The molecule has 0 bridgehead atoms. The number of benzene rings is 3. The lowest BCUT2D eigenvalue weighted by molar-refractivity contribution is 0.339. The Bertz CT molecular complexity index is 1290. The summed E-state index contributed by atoms with van der Waals surface area (Å²) in [5.41, 5.74) is 8.24. The Balaban J connectivity index is 1.96. The Labute approximate surface area is 184 Å². The van der Waals surface area contributed by atoms with Crippen molar-refractivity contribution in [1.29, 1.82) is 0 Å². The summed E-state index contributed by atoms with van der Waals surface area (Å²) in [4.78, 5) is 14.2. The van der Waals surface area contributed by atoms with Crippen molar-refractivity contribution < 1.29 is 14.6 Å². The number of methoxy groups -OCH3 is 2. The van der Waals surface area contributed by atoms with Gasteiger partial charge in [0.25, 0.3) is 0 Å². The lowest BCUT2D eigenvalue weighted by Crippen LogP contribution is -2.12. The molecule has 0 amide bonds. The van der Waals surface area contributed by atoms with Crippen LogP contribution < -0.4 is 20.6 Å². The van der Waals surface area contributed by atoms with Crippen molar-refractivity contribution in [1.82, 2.24) is 4.57 Å². The number of phenols is 1. The molecule has 1 aromatic heterocycles. The third-order valence-corrected chi connectivity index (χ3v) is 6.24. The number of nitrogens with two attached hydrogens (primary N) is 1. The van der Waals surface area contributed by atoms with Gasteiger partial charge in [0.2, 0.25) is 5.75 Å². The van der Waals surface area contributed by atoms with E-state index in [1.54, 1.807) is 23.9 Å². The molecule has 1 heterocycles. The van der Waals surface area contributed by atoms with Crippen LogP contribution in [0.15, 0.2) is 64.3 Å². The fourth-order valence-corrected chi connectivity index (χ4v) is 4.47. The van der Waals surface area contributed by atoms with Gasteiger partial charge in [-0.15, -0.1) is 11.8 Å². The van der Waals surface area contributed by atoms with Gasteiger partial charge in [0.05, 0.1) is 25.3 Å². The third-order valence-electron chi connectivity index (χ3n) is 5.21. The molecule has 6 nitrogen and oxygen atoms in total. The highest BCUT2D eigenvalue weighted by Gasteiger charge is 2.15. The molecule has 7 heteroatoms. The van der Waals surface area contributed by atoms with Crippen molar-refractivity contribution in [2.75, 3.05) is 26.5 Å². The normalized spacial score (nSPS) is 11.2. The number of nitrogens with zero attached hydrogens (tertiary/aromatic N) is 1. The molecule has 4 rings (SSSR count). The quantitative estimate of drug-likeness (QED) is 0.337. The fourth-order valence-electron chi connectivity index (χ4n) is 3.76. The maximum absolute atomic E-state index is 13.2. The number of aromatic hydroxyl groups is 1. The molecule has 0 aliphatic heterocycles. The predicted molar refractivity (Wildman–Crippen MR) is 126 cm³/mol. The molecule has 0 spiro atoms. The van der Waals surface area contributed by atoms with Gasteiger partial charge in [-0.2, -0.15) is 0 Å². The molecule has 0 atom stereocenters. The molecular weight excluding hydrogens is 412 g/mol. The monoisotopic (exact) mass is 436 g/mol. The maximum Gasteiger partial charge on any atom is 0.200 e. The van der Waals surface area contributed by atoms with Crippen LogP contribution in [-0.4, -0.2) is 36.2 Å². The van der Waals surface area contributed by atoms with E-state index in [4.69, 9.17) is 15.2 Å². The van der Waals surface area contributed by atoms with Crippen LogP contribution in [-0.2, 0) is 6.54 Å². The van der Waals surface area contributed by atoms with Gasteiger partial charge < -0.3 is 24.9 Å². The Hall–Kier alpha value is -3.16. The number of hydrogen-bond acceptors (Lipinski definition) is 6. The lowest BCUT2D eigenvalue weighted by atomic mass is 10.1. The van der Waals surface area contributed by atoms with Crippen LogP contribution in [0.5, 0.6) is 17.2 Å². The summed E-state index contributed by atoms with van der Waals surface area (Å²) >= 11 is 1.66. The first-order valence-electron chi connectivity index (χ1n) is 9.89. The van der Waals surface area contributed by atoms with E-state index < -0.39 is 0 Å². The Morgan fingerprint density at radius 2 is 1.65 bits per heavy atom. The van der Waals surface area contributed by atoms with Crippen molar-refractivity contribution >= 4 is 33.6 Å². The van der Waals surface area contributed by atoms with E-state index in [0.717, 1.165) is 27.2 Å². The highest BCUT2D eigenvalue weighted by Crippen LogP contribution is 2.37. The van der Waals surface area contributed by atoms with Gasteiger partial charge in [0.15, 0.2) is 16.9 Å². The molecule has 0 radical (unpaired) electrons. The topological polar surface area (TPSA) is 86.7 Å². The van der Waals surface area contributed by atoms with Gasteiger partial charge in [0.1, 0.15) is 0 Å². The predicted octanol–water partition coefficient (Wildman–Crippen LogP) is 3.98. The summed E-state index contributed by atoms with van der Waals surface area (Å²) in [6, 6.07) is 17.1. The average Bonchev–Trinajstić information content (AvgIpc) is 2.81. The molecule has 0 fully saturated rings. The summed E-state index contributed by atoms with van der Waals surface area (Å²) < 4.78 is 12.8. The van der Waals surface area contributed by atoms with Crippen LogP contribution in [0.1, 0.15) is 5.56 Å². The molecule has 3 N–H and O–H groups in total. The average molecular weight is 437 g/mol. The molecule has 0 saturated heterocycles. The van der Waals surface area contributed by atoms with Crippen molar-refractivity contribution in [3.8, 4) is 17.2 Å². The minimum atomic E-state index is -0.0381. The molecule has 0 saturated carbocycles. The number of aromatic nitrogens is 1. The van der Waals surface area contributed by atoms with Crippen LogP contribution in [0, 0.1) is 0 Å². The Kier molecular flexibility index (Phi) is 6.06. The number of hydrogen-bond donors (Lipinski definition) is 2. The van der Waals surface area contributed by atoms with Crippen molar-refractivity contribution in [2.24, 2.45) is 5.73 Å². The van der Waals surface area contributed by atoms with E-state index >= 15 is 0 Å². The summed E-state index contributed by atoms with van der Waals surface area (Å²) in [5, 5.41) is 11.6. The molecule has 0 unspecified atom stereocenters. The summed E-state index contributed by atoms with van der Waals surface area (Å²) in [6.07, 6.45) is 0. The van der Waals surface area contributed by atoms with Gasteiger partial charge in [-0.25, -0.2) is 0 Å². The van der Waals surface area contributed by atoms with Crippen LogP contribution in [0.25, 0.3) is 21.8 Å². The number of ether oxygens (including phenoxy) is 2. The molecule has 4 aromatic rings. The van der Waals surface area contributed by atoms with E-state index in [-0.39, 0.29) is 11.2 Å². The zero-order valence-electron chi connectivity index (χ0n) is 17.4. The number of pyridine rings is 1. The largest absolute Gasteiger partial charge is 0.502 e. The minimum Gasteiger partial charge on any atom is -0.502 e. The van der Waals surface area contributed by atoms with E-state index in [2.05, 4.69) is 4.57 Å². The lowest BCUT2D eigenvalue weighted by Gasteiger charge is -2.18. The fraction of sp³-hybridized carbons (Fsp3) is 0.208. The van der Waals surface area contributed by atoms with Gasteiger partial charge in [-0.1, -0.05) is 12.1 Å². The van der Waals surface area contributed by atoms with Gasteiger partial charge >= 0.3 is 0 Å². The van der Waals surface area contributed by atoms with Crippen molar-refractivity contribution in [3.05, 3.63) is 70.4 Å². The Morgan fingerprint density at radius 3 is 2.32 bits per heavy atom. The highest BCUT2D eigenvalue weighted by atomic mass is 32.2. The number of phenolic OH excluding ortho intramolecular Hbond substituents is 1. The first-order chi connectivity index (χ1) is 15.1. The molecule has 3 aromatic carbocycles. The van der Waals surface area contributed by atoms with Gasteiger partial charge in [-0.05, 0) is 48.0 Å². The molecule has 0 aliphatic carbocycles. The Morgan fingerprint density at radius 1 is 0.968 bits per heavy atom. The number of para-hydroxylation sites is 1. The van der Waals surface area contributed by atoms with Crippen molar-refractivity contribution in [2.45, 2.75) is 11.4 Å². The molecule has 0 aliphatic rings. The van der Waals surface area contributed by atoms with E-state index in [1.807, 2.05) is 42.5 Å². The second kappa shape index (κ2) is 8.91. The van der Waals surface area contributed by atoms with Gasteiger partial charge in [-0.3, -0.25) is 4.79 Å². The molecule has 160 valence electrons. The van der Waals surface area contributed by atoms with E-state index in [9.17, 15) is 9.90 Å². The van der Waals surface area contributed by atoms with Crippen LogP contribution in [0.4, 0.5) is 0 Å². The first kappa shape index (κ1) is 21.1. The van der Waals surface area contributed by atoms with Crippen LogP contribution in [0.3, 0.4) is 0 Å². The number of rotatable bonds is 7. The van der Waals surface area contributed by atoms with Crippen molar-refractivity contribution in [3.63, 3.8) is 0 Å².